The first-order valence-corrected chi connectivity index (χ1v) is 5.73. The first-order chi connectivity index (χ1) is 6.77. The van der Waals surface area contributed by atoms with Gasteiger partial charge in [-0.3, -0.25) is 0 Å². The van der Waals surface area contributed by atoms with Crippen molar-refractivity contribution >= 4 is 16.7 Å². The topological polar surface area (TPSA) is 41.1 Å². The molecule has 1 rings (SSSR count). The van der Waals surface area contributed by atoms with Gasteiger partial charge in [0.1, 0.15) is 5.82 Å². The van der Waals surface area contributed by atoms with E-state index < -0.39 is 0 Å². The van der Waals surface area contributed by atoms with E-state index in [1.165, 1.54) is 11.5 Å². The monoisotopic (exact) mass is 214 g/mol. The van der Waals surface area contributed by atoms with Gasteiger partial charge in [0, 0.05) is 31.5 Å². The lowest BCUT2D eigenvalue weighted by Gasteiger charge is -2.14. The molecule has 14 heavy (non-hydrogen) atoms. The molecule has 1 aromatic rings. The van der Waals surface area contributed by atoms with Gasteiger partial charge in [-0.15, -0.1) is 0 Å². The normalized spacial score (nSPS) is 10.5. The van der Waals surface area contributed by atoms with E-state index in [2.05, 4.69) is 33.5 Å². The van der Waals surface area contributed by atoms with Crippen molar-refractivity contribution in [1.82, 2.24) is 14.7 Å². The summed E-state index contributed by atoms with van der Waals surface area (Å²) in [6.45, 7) is 4.15. The molecule has 0 aliphatic rings. The molecule has 80 valence electrons. The molecule has 0 aliphatic heterocycles. The minimum absolute atomic E-state index is 0.918. The van der Waals surface area contributed by atoms with Crippen LogP contribution >= 0.6 is 11.5 Å². The third-order valence-corrected chi connectivity index (χ3v) is 2.89. The van der Waals surface area contributed by atoms with Gasteiger partial charge in [0.25, 0.3) is 0 Å². The summed E-state index contributed by atoms with van der Waals surface area (Å²) in [5.41, 5.74) is 0. The van der Waals surface area contributed by atoms with Gasteiger partial charge >= 0.3 is 0 Å². The second kappa shape index (κ2) is 5.93. The van der Waals surface area contributed by atoms with Gasteiger partial charge in [0.15, 0.2) is 0 Å². The van der Waals surface area contributed by atoms with Crippen LogP contribution in [0.15, 0.2) is 0 Å². The summed E-state index contributed by atoms with van der Waals surface area (Å²) in [6.07, 6.45) is 2.05. The second-order valence-corrected chi connectivity index (χ2v) is 3.96. The molecule has 4 nitrogen and oxygen atoms in total. The van der Waals surface area contributed by atoms with Gasteiger partial charge in [-0.25, -0.2) is 4.98 Å². The maximum absolute atomic E-state index is 4.42. The highest BCUT2D eigenvalue weighted by molar-refractivity contribution is 7.09. The fourth-order valence-electron chi connectivity index (χ4n) is 1.13. The van der Waals surface area contributed by atoms with Gasteiger partial charge in [-0.1, -0.05) is 6.92 Å². The van der Waals surface area contributed by atoms with Crippen LogP contribution in [-0.4, -0.2) is 36.5 Å². The highest BCUT2D eigenvalue weighted by Gasteiger charge is 2.06. The molecule has 1 N–H and O–H groups in total. The highest BCUT2D eigenvalue weighted by Crippen LogP contribution is 2.15. The third-order valence-electron chi connectivity index (χ3n) is 2.02. The minimum atomic E-state index is 0.918. The second-order valence-electron chi connectivity index (χ2n) is 3.23. The molecule has 0 spiro atoms. The van der Waals surface area contributed by atoms with E-state index in [1.807, 2.05) is 7.05 Å². The average molecular weight is 214 g/mol. The lowest BCUT2D eigenvalue weighted by Crippen LogP contribution is -2.22. The molecule has 0 radical (unpaired) electrons. The van der Waals surface area contributed by atoms with Crippen LogP contribution < -0.4 is 10.2 Å². The molecule has 0 unspecified atom stereocenters. The third kappa shape index (κ3) is 3.23. The van der Waals surface area contributed by atoms with E-state index in [4.69, 9.17) is 0 Å². The smallest absolute Gasteiger partial charge is 0.204 e. The van der Waals surface area contributed by atoms with Crippen LogP contribution in [0.1, 0.15) is 19.2 Å². The van der Waals surface area contributed by atoms with E-state index in [1.54, 1.807) is 0 Å². The zero-order valence-electron chi connectivity index (χ0n) is 9.08. The summed E-state index contributed by atoms with van der Waals surface area (Å²) in [7, 11) is 4.04. The SMILES string of the molecule is CCc1nsc(N(C)CCCNC)n1. The van der Waals surface area contributed by atoms with E-state index in [9.17, 15) is 0 Å². The Balaban J connectivity index is 2.39. The number of nitrogens with zero attached hydrogens (tertiary/aromatic N) is 3. The van der Waals surface area contributed by atoms with Gasteiger partial charge in [0.2, 0.25) is 5.13 Å². The number of hydrogen-bond donors (Lipinski definition) is 1. The molecule has 0 amide bonds. The highest BCUT2D eigenvalue weighted by atomic mass is 32.1. The lowest BCUT2D eigenvalue weighted by molar-refractivity contribution is 0.711. The summed E-state index contributed by atoms with van der Waals surface area (Å²) in [6, 6.07) is 0. The molecule has 0 atom stereocenters. The van der Waals surface area contributed by atoms with Crippen molar-refractivity contribution in [3.8, 4) is 0 Å². The van der Waals surface area contributed by atoms with Crippen molar-refractivity contribution in [2.45, 2.75) is 19.8 Å². The zero-order chi connectivity index (χ0) is 10.4. The standard InChI is InChI=1S/C9H18N4S/c1-4-8-11-9(14-12-8)13(3)7-5-6-10-2/h10H,4-7H2,1-3H3. The predicted molar refractivity (Wildman–Crippen MR) is 61.1 cm³/mol. The Morgan fingerprint density at radius 3 is 2.86 bits per heavy atom. The first kappa shape index (κ1) is 11.4. The summed E-state index contributed by atoms with van der Waals surface area (Å²) in [5.74, 6) is 0.950. The Morgan fingerprint density at radius 1 is 1.50 bits per heavy atom. The number of aryl methyl sites for hydroxylation is 1. The quantitative estimate of drug-likeness (QED) is 0.721. The van der Waals surface area contributed by atoms with E-state index in [0.29, 0.717) is 0 Å². The number of nitrogens with one attached hydrogen (secondary N) is 1. The van der Waals surface area contributed by atoms with Crippen molar-refractivity contribution in [2.24, 2.45) is 0 Å². The van der Waals surface area contributed by atoms with Gasteiger partial charge in [-0.05, 0) is 20.0 Å². The summed E-state index contributed by atoms with van der Waals surface area (Å²) in [4.78, 5) is 6.58. The lowest BCUT2D eigenvalue weighted by atomic mass is 10.4. The van der Waals surface area contributed by atoms with Crippen molar-refractivity contribution in [3.63, 3.8) is 0 Å². The van der Waals surface area contributed by atoms with Crippen LogP contribution in [0.25, 0.3) is 0 Å². The van der Waals surface area contributed by atoms with Crippen LogP contribution in [0, 0.1) is 0 Å². The zero-order valence-corrected chi connectivity index (χ0v) is 9.89. The Hall–Kier alpha value is -0.680. The maximum atomic E-state index is 4.42. The fraction of sp³-hybridized carbons (Fsp3) is 0.778. The fourth-order valence-corrected chi connectivity index (χ4v) is 1.87. The van der Waals surface area contributed by atoms with Crippen molar-refractivity contribution in [1.29, 1.82) is 0 Å². The minimum Gasteiger partial charge on any atom is -0.350 e. The molecule has 1 aromatic heterocycles. The summed E-state index contributed by atoms with van der Waals surface area (Å²) >= 11 is 1.48. The van der Waals surface area contributed by atoms with Crippen LogP contribution in [-0.2, 0) is 6.42 Å². The molecule has 5 heteroatoms. The van der Waals surface area contributed by atoms with Gasteiger partial charge < -0.3 is 10.2 Å². The van der Waals surface area contributed by atoms with Crippen LogP contribution in [0.2, 0.25) is 0 Å². The Labute approximate surface area is 89.5 Å². The number of rotatable bonds is 6. The maximum Gasteiger partial charge on any atom is 0.204 e. The molecule has 0 bridgehead atoms. The molecule has 0 saturated heterocycles. The Kier molecular flexibility index (Phi) is 4.82. The largest absolute Gasteiger partial charge is 0.350 e. The predicted octanol–water partition coefficient (Wildman–Crippen LogP) is 1.15. The summed E-state index contributed by atoms with van der Waals surface area (Å²) in [5, 5.41) is 4.16. The van der Waals surface area contributed by atoms with Crippen molar-refractivity contribution in [2.75, 3.05) is 32.1 Å². The molecule has 0 saturated carbocycles. The molecule has 0 fully saturated rings. The molecule has 0 aromatic carbocycles. The number of hydrogen-bond acceptors (Lipinski definition) is 5. The average Bonchev–Trinajstić information content (AvgIpc) is 2.66. The van der Waals surface area contributed by atoms with E-state index >= 15 is 0 Å². The van der Waals surface area contributed by atoms with Crippen molar-refractivity contribution < 1.29 is 0 Å². The van der Waals surface area contributed by atoms with Crippen LogP contribution in [0.3, 0.4) is 0 Å². The Morgan fingerprint density at radius 2 is 2.29 bits per heavy atom. The van der Waals surface area contributed by atoms with Crippen LogP contribution in [0.5, 0.6) is 0 Å². The number of aromatic nitrogens is 2. The molecule has 0 aliphatic carbocycles. The van der Waals surface area contributed by atoms with Crippen molar-refractivity contribution in [3.05, 3.63) is 5.82 Å². The number of anilines is 1. The summed E-state index contributed by atoms with van der Waals surface area (Å²) < 4.78 is 4.26. The van der Waals surface area contributed by atoms with E-state index in [-0.39, 0.29) is 0 Å². The molecular formula is C9H18N4S. The molecular weight excluding hydrogens is 196 g/mol. The van der Waals surface area contributed by atoms with Gasteiger partial charge in [-0.2, -0.15) is 4.37 Å². The first-order valence-electron chi connectivity index (χ1n) is 4.96. The Bertz CT molecular complexity index is 261. The molecule has 1 heterocycles. The van der Waals surface area contributed by atoms with E-state index in [0.717, 1.165) is 36.9 Å². The van der Waals surface area contributed by atoms with Crippen LogP contribution in [0.4, 0.5) is 5.13 Å². The van der Waals surface area contributed by atoms with Gasteiger partial charge in [0.05, 0.1) is 0 Å².